The number of aromatic nitrogens is 1. The number of benzene rings is 1. The van der Waals surface area contributed by atoms with Gasteiger partial charge in [0.25, 0.3) is 5.91 Å². The molecule has 2 fully saturated rings. The molecule has 0 aliphatic carbocycles. The molecule has 4 nitrogen and oxygen atoms in total. The average molecular weight is 372 g/mol. The Kier molecular flexibility index (Phi) is 4.71. The molecule has 2 aliphatic rings. The van der Waals surface area contributed by atoms with Gasteiger partial charge in [0.2, 0.25) is 0 Å². The van der Waals surface area contributed by atoms with Crippen molar-refractivity contribution in [3.8, 4) is 0 Å². The van der Waals surface area contributed by atoms with Crippen LogP contribution >= 0.6 is 11.8 Å². The predicted octanol–water partition coefficient (Wildman–Crippen LogP) is 3.45. The van der Waals surface area contributed by atoms with Crippen LogP contribution in [0.25, 0.3) is 0 Å². The number of thioether (sulfide) groups is 1. The maximum absolute atomic E-state index is 13.2. The lowest BCUT2D eigenvalue weighted by molar-refractivity contribution is 0.0255. The van der Waals surface area contributed by atoms with Crippen LogP contribution in [0, 0.1) is 12.7 Å². The van der Waals surface area contributed by atoms with Crippen LogP contribution in [0.15, 0.2) is 42.7 Å². The van der Waals surface area contributed by atoms with Crippen LogP contribution < -0.4 is 0 Å². The lowest BCUT2D eigenvalue weighted by Gasteiger charge is -2.47. The standard InChI is InChI=1S/C20H21FN2O2S/c1-14-8-16(21)2-3-18(14)19(24)23-12-20(13-23)9-17(11-26-20)25-10-15-4-6-22-7-5-15/h2-8,17H,9-13H2,1H3/t17-/m1/s1. The van der Waals surface area contributed by atoms with E-state index < -0.39 is 0 Å². The van der Waals surface area contributed by atoms with E-state index in [0.29, 0.717) is 17.7 Å². The molecule has 2 aliphatic heterocycles. The highest BCUT2D eigenvalue weighted by atomic mass is 32.2. The lowest BCUT2D eigenvalue weighted by Crippen LogP contribution is -2.60. The number of carbonyl (C=O) groups is 1. The van der Waals surface area contributed by atoms with Gasteiger partial charge in [-0.3, -0.25) is 9.78 Å². The summed E-state index contributed by atoms with van der Waals surface area (Å²) >= 11 is 1.91. The first-order chi connectivity index (χ1) is 12.5. The van der Waals surface area contributed by atoms with Gasteiger partial charge >= 0.3 is 0 Å². The largest absolute Gasteiger partial charge is 0.373 e. The van der Waals surface area contributed by atoms with Gasteiger partial charge in [0.05, 0.1) is 17.5 Å². The smallest absolute Gasteiger partial charge is 0.254 e. The number of aryl methyl sites for hydroxylation is 1. The highest BCUT2D eigenvalue weighted by Crippen LogP contribution is 2.46. The first kappa shape index (κ1) is 17.5. The fourth-order valence-corrected chi connectivity index (χ4v) is 5.20. The first-order valence-corrected chi connectivity index (χ1v) is 9.73. The van der Waals surface area contributed by atoms with Crippen LogP contribution in [0.3, 0.4) is 0 Å². The normalized spacial score (nSPS) is 21.0. The van der Waals surface area contributed by atoms with Gasteiger partial charge in [-0.15, -0.1) is 11.8 Å². The molecule has 0 unspecified atom stereocenters. The summed E-state index contributed by atoms with van der Waals surface area (Å²) in [5, 5.41) is 0. The number of hydrogen-bond donors (Lipinski definition) is 0. The number of amides is 1. The summed E-state index contributed by atoms with van der Waals surface area (Å²) < 4.78 is 19.4. The highest BCUT2D eigenvalue weighted by Gasteiger charge is 2.51. The van der Waals surface area contributed by atoms with Gasteiger partial charge < -0.3 is 9.64 Å². The highest BCUT2D eigenvalue weighted by molar-refractivity contribution is 8.01. The van der Waals surface area contributed by atoms with Gasteiger partial charge in [-0.05, 0) is 54.8 Å². The quantitative estimate of drug-likeness (QED) is 0.825. The fraction of sp³-hybridized carbons (Fsp3) is 0.400. The molecule has 1 spiro atoms. The molecule has 1 atom stereocenters. The Hall–Kier alpha value is -1.92. The van der Waals surface area contributed by atoms with E-state index in [1.165, 1.54) is 12.1 Å². The molecule has 2 saturated heterocycles. The summed E-state index contributed by atoms with van der Waals surface area (Å²) in [5.74, 6) is 0.650. The van der Waals surface area contributed by atoms with Crippen molar-refractivity contribution in [3.05, 3.63) is 65.2 Å². The van der Waals surface area contributed by atoms with E-state index in [2.05, 4.69) is 4.98 Å². The Morgan fingerprint density at radius 2 is 2.12 bits per heavy atom. The SMILES string of the molecule is Cc1cc(F)ccc1C(=O)N1CC2(C[C@@H](OCc3ccncc3)CS2)C1. The summed E-state index contributed by atoms with van der Waals surface area (Å²) in [4.78, 5) is 18.5. The number of ether oxygens (including phenoxy) is 1. The molecular formula is C20H21FN2O2S. The molecule has 0 radical (unpaired) electrons. The van der Waals surface area contributed by atoms with Crippen molar-refractivity contribution in [1.29, 1.82) is 0 Å². The van der Waals surface area contributed by atoms with Gasteiger partial charge in [0.15, 0.2) is 0 Å². The molecule has 0 N–H and O–H groups in total. The molecule has 1 amide bonds. The molecule has 2 aromatic rings. The van der Waals surface area contributed by atoms with Crippen LogP contribution in [0.5, 0.6) is 0 Å². The molecule has 136 valence electrons. The zero-order valence-electron chi connectivity index (χ0n) is 14.7. The molecule has 26 heavy (non-hydrogen) atoms. The Bertz CT molecular complexity index is 809. The second-order valence-corrected chi connectivity index (χ2v) is 8.60. The lowest BCUT2D eigenvalue weighted by atomic mass is 9.91. The van der Waals surface area contributed by atoms with E-state index in [4.69, 9.17) is 4.74 Å². The molecule has 0 saturated carbocycles. The van der Waals surface area contributed by atoms with E-state index in [0.717, 1.165) is 30.8 Å². The Labute approximate surface area is 156 Å². The molecular weight excluding hydrogens is 351 g/mol. The minimum Gasteiger partial charge on any atom is -0.373 e. The maximum atomic E-state index is 13.2. The number of carbonyl (C=O) groups excluding carboxylic acids is 1. The van der Waals surface area contributed by atoms with E-state index in [-0.39, 0.29) is 22.6 Å². The zero-order chi connectivity index (χ0) is 18.1. The van der Waals surface area contributed by atoms with Crippen molar-refractivity contribution in [2.45, 2.75) is 30.8 Å². The van der Waals surface area contributed by atoms with E-state index >= 15 is 0 Å². The fourth-order valence-electron chi connectivity index (χ4n) is 3.65. The van der Waals surface area contributed by atoms with Crippen molar-refractivity contribution < 1.29 is 13.9 Å². The summed E-state index contributed by atoms with van der Waals surface area (Å²) in [7, 11) is 0. The summed E-state index contributed by atoms with van der Waals surface area (Å²) in [5.41, 5.74) is 2.41. The minimum absolute atomic E-state index is 0.00474. The summed E-state index contributed by atoms with van der Waals surface area (Å²) in [6.45, 7) is 3.85. The number of likely N-dealkylation sites (tertiary alicyclic amines) is 1. The average Bonchev–Trinajstić information content (AvgIpc) is 3.04. The third-order valence-electron chi connectivity index (χ3n) is 5.07. The van der Waals surface area contributed by atoms with Crippen molar-refractivity contribution in [3.63, 3.8) is 0 Å². The van der Waals surface area contributed by atoms with Crippen molar-refractivity contribution in [2.24, 2.45) is 0 Å². The molecule has 1 aromatic heterocycles. The summed E-state index contributed by atoms with van der Waals surface area (Å²) in [6, 6.07) is 8.28. The molecule has 4 rings (SSSR count). The van der Waals surface area contributed by atoms with E-state index in [1.54, 1.807) is 25.4 Å². The number of pyridine rings is 1. The molecule has 3 heterocycles. The Balaban J connectivity index is 1.31. The molecule has 0 bridgehead atoms. The zero-order valence-corrected chi connectivity index (χ0v) is 15.5. The van der Waals surface area contributed by atoms with E-state index in [1.807, 2.05) is 28.8 Å². The molecule has 1 aromatic carbocycles. The van der Waals surface area contributed by atoms with Gasteiger partial charge in [0, 0.05) is 36.8 Å². The van der Waals surface area contributed by atoms with Crippen molar-refractivity contribution >= 4 is 17.7 Å². The van der Waals surface area contributed by atoms with Crippen molar-refractivity contribution in [2.75, 3.05) is 18.8 Å². The summed E-state index contributed by atoms with van der Waals surface area (Å²) in [6.07, 6.45) is 4.74. The Morgan fingerprint density at radius 1 is 1.35 bits per heavy atom. The number of rotatable bonds is 4. The second-order valence-electron chi connectivity index (χ2n) is 7.11. The number of hydrogen-bond acceptors (Lipinski definition) is 4. The van der Waals surface area contributed by atoms with Crippen molar-refractivity contribution in [1.82, 2.24) is 9.88 Å². The monoisotopic (exact) mass is 372 g/mol. The van der Waals surface area contributed by atoms with Gasteiger partial charge in [-0.25, -0.2) is 4.39 Å². The Morgan fingerprint density at radius 3 is 2.85 bits per heavy atom. The van der Waals surface area contributed by atoms with Crippen LogP contribution in [0.2, 0.25) is 0 Å². The number of nitrogens with zero attached hydrogens (tertiary/aromatic N) is 2. The van der Waals surface area contributed by atoms with Crippen LogP contribution in [-0.4, -0.2) is 45.5 Å². The van der Waals surface area contributed by atoms with Gasteiger partial charge in [-0.2, -0.15) is 0 Å². The topological polar surface area (TPSA) is 42.4 Å². The minimum atomic E-state index is -0.306. The first-order valence-electron chi connectivity index (χ1n) is 8.75. The number of halogens is 1. The second kappa shape index (κ2) is 7.00. The van der Waals surface area contributed by atoms with Gasteiger partial charge in [-0.1, -0.05) is 0 Å². The predicted molar refractivity (Wildman–Crippen MR) is 99.7 cm³/mol. The van der Waals surface area contributed by atoms with Crippen LogP contribution in [-0.2, 0) is 11.3 Å². The molecule has 6 heteroatoms. The third-order valence-corrected chi connectivity index (χ3v) is 6.65. The van der Waals surface area contributed by atoms with Gasteiger partial charge in [0.1, 0.15) is 5.82 Å². The van der Waals surface area contributed by atoms with E-state index in [9.17, 15) is 9.18 Å². The van der Waals surface area contributed by atoms with Crippen LogP contribution in [0.1, 0.15) is 27.9 Å². The maximum Gasteiger partial charge on any atom is 0.254 e. The van der Waals surface area contributed by atoms with Crippen LogP contribution in [0.4, 0.5) is 4.39 Å². The third kappa shape index (κ3) is 3.48.